The molecule has 6 nitrogen and oxygen atoms in total. The Morgan fingerprint density at radius 2 is 2.00 bits per heavy atom. The molecule has 1 saturated heterocycles. The van der Waals surface area contributed by atoms with Gasteiger partial charge in [0.05, 0.1) is 18.3 Å². The standard InChI is InChI=1S/C19H22N4O2/c1-2-22(13-15-8-6-7-11-20-15)19(25)21-16-12-18(24)23(14-16)17-9-4-3-5-10-17/h3-11,16H,2,12-14H2,1H3,(H,21,25)/t16-/m0/s1. The average molecular weight is 338 g/mol. The lowest BCUT2D eigenvalue weighted by Crippen LogP contribution is -2.45. The number of carbonyl (C=O) groups is 2. The molecule has 3 rings (SSSR count). The zero-order valence-electron chi connectivity index (χ0n) is 14.3. The summed E-state index contributed by atoms with van der Waals surface area (Å²) in [7, 11) is 0. The highest BCUT2D eigenvalue weighted by molar-refractivity contribution is 5.96. The number of anilines is 1. The van der Waals surface area contributed by atoms with Crippen LogP contribution in [-0.4, -0.2) is 41.0 Å². The van der Waals surface area contributed by atoms with Gasteiger partial charge in [-0.1, -0.05) is 24.3 Å². The van der Waals surface area contributed by atoms with Gasteiger partial charge < -0.3 is 15.1 Å². The lowest BCUT2D eigenvalue weighted by molar-refractivity contribution is -0.117. The summed E-state index contributed by atoms with van der Waals surface area (Å²) in [6.07, 6.45) is 2.04. The largest absolute Gasteiger partial charge is 0.333 e. The number of rotatable bonds is 5. The number of urea groups is 1. The van der Waals surface area contributed by atoms with Crippen molar-refractivity contribution in [2.75, 3.05) is 18.0 Å². The third-order valence-electron chi connectivity index (χ3n) is 4.27. The molecule has 0 saturated carbocycles. The maximum Gasteiger partial charge on any atom is 0.318 e. The van der Waals surface area contributed by atoms with Crippen LogP contribution in [0.1, 0.15) is 19.0 Å². The van der Waals surface area contributed by atoms with E-state index in [-0.39, 0.29) is 18.0 Å². The number of nitrogens with zero attached hydrogens (tertiary/aromatic N) is 3. The van der Waals surface area contributed by atoms with Crippen LogP contribution in [0, 0.1) is 0 Å². The van der Waals surface area contributed by atoms with Crippen molar-refractivity contribution in [1.29, 1.82) is 0 Å². The molecule has 1 N–H and O–H groups in total. The summed E-state index contributed by atoms with van der Waals surface area (Å²) < 4.78 is 0. The number of aromatic nitrogens is 1. The smallest absolute Gasteiger partial charge is 0.318 e. The molecule has 0 aliphatic carbocycles. The second-order valence-electron chi connectivity index (χ2n) is 6.03. The molecule has 25 heavy (non-hydrogen) atoms. The molecule has 6 heteroatoms. The Morgan fingerprint density at radius 1 is 1.24 bits per heavy atom. The summed E-state index contributed by atoms with van der Waals surface area (Å²) in [5.41, 5.74) is 1.71. The molecule has 0 bridgehead atoms. The zero-order chi connectivity index (χ0) is 17.6. The molecule has 1 atom stereocenters. The summed E-state index contributed by atoms with van der Waals surface area (Å²) in [5, 5.41) is 2.98. The van der Waals surface area contributed by atoms with E-state index in [1.54, 1.807) is 16.0 Å². The van der Waals surface area contributed by atoms with Crippen molar-refractivity contribution >= 4 is 17.6 Å². The lowest BCUT2D eigenvalue weighted by atomic mass is 10.2. The average Bonchev–Trinajstić information content (AvgIpc) is 3.01. The summed E-state index contributed by atoms with van der Waals surface area (Å²) in [5.74, 6) is 0.0317. The minimum Gasteiger partial charge on any atom is -0.333 e. The van der Waals surface area contributed by atoms with E-state index in [2.05, 4.69) is 10.3 Å². The second-order valence-corrected chi connectivity index (χ2v) is 6.03. The molecule has 0 radical (unpaired) electrons. The van der Waals surface area contributed by atoms with Gasteiger partial charge in [-0.25, -0.2) is 4.79 Å². The van der Waals surface area contributed by atoms with Gasteiger partial charge in [-0.3, -0.25) is 9.78 Å². The van der Waals surface area contributed by atoms with Gasteiger partial charge in [0.25, 0.3) is 0 Å². The minimum atomic E-state index is -0.182. The van der Waals surface area contributed by atoms with Crippen LogP contribution in [0.2, 0.25) is 0 Å². The third kappa shape index (κ3) is 4.15. The Morgan fingerprint density at radius 3 is 2.68 bits per heavy atom. The normalized spacial score (nSPS) is 16.8. The van der Waals surface area contributed by atoms with Crippen molar-refractivity contribution in [1.82, 2.24) is 15.2 Å². The fourth-order valence-corrected chi connectivity index (χ4v) is 2.94. The van der Waals surface area contributed by atoms with Crippen LogP contribution in [0.25, 0.3) is 0 Å². The first-order valence-electron chi connectivity index (χ1n) is 8.48. The van der Waals surface area contributed by atoms with E-state index in [0.29, 0.717) is 26.1 Å². The number of pyridine rings is 1. The van der Waals surface area contributed by atoms with E-state index in [1.807, 2.05) is 55.5 Å². The van der Waals surface area contributed by atoms with Gasteiger partial charge >= 0.3 is 6.03 Å². The molecule has 1 aromatic carbocycles. The highest BCUT2D eigenvalue weighted by Gasteiger charge is 2.32. The van der Waals surface area contributed by atoms with Crippen LogP contribution in [0.3, 0.4) is 0 Å². The number of para-hydroxylation sites is 1. The fourth-order valence-electron chi connectivity index (χ4n) is 2.94. The molecule has 2 heterocycles. The predicted molar refractivity (Wildman–Crippen MR) is 96.1 cm³/mol. The molecule has 2 aromatic rings. The number of nitrogens with one attached hydrogen (secondary N) is 1. The molecule has 1 fully saturated rings. The maximum absolute atomic E-state index is 12.5. The first-order valence-corrected chi connectivity index (χ1v) is 8.48. The SMILES string of the molecule is CCN(Cc1ccccn1)C(=O)N[C@H]1CC(=O)N(c2ccccc2)C1. The highest BCUT2D eigenvalue weighted by atomic mass is 16.2. The second kappa shape index (κ2) is 7.79. The summed E-state index contributed by atoms with van der Waals surface area (Å²) in [6, 6.07) is 14.8. The molecule has 1 aliphatic rings. The number of benzene rings is 1. The van der Waals surface area contributed by atoms with E-state index in [0.717, 1.165) is 11.4 Å². The molecular formula is C19H22N4O2. The molecule has 1 aromatic heterocycles. The van der Waals surface area contributed by atoms with Gasteiger partial charge in [0.1, 0.15) is 0 Å². The van der Waals surface area contributed by atoms with Crippen molar-refractivity contribution in [3.05, 3.63) is 60.4 Å². The monoisotopic (exact) mass is 338 g/mol. The highest BCUT2D eigenvalue weighted by Crippen LogP contribution is 2.21. The Kier molecular flexibility index (Phi) is 5.28. The number of hydrogen-bond acceptors (Lipinski definition) is 3. The fraction of sp³-hybridized carbons (Fsp3) is 0.316. The molecular weight excluding hydrogens is 316 g/mol. The first kappa shape index (κ1) is 17.0. The first-order chi connectivity index (χ1) is 12.2. The molecule has 0 spiro atoms. The Bertz CT molecular complexity index is 721. The van der Waals surface area contributed by atoms with E-state index in [9.17, 15) is 9.59 Å². The Balaban J connectivity index is 1.60. The van der Waals surface area contributed by atoms with Crippen molar-refractivity contribution in [3.8, 4) is 0 Å². The van der Waals surface area contributed by atoms with Crippen LogP contribution < -0.4 is 10.2 Å². The number of amides is 3. The van der Waals surface area contributed by atoms with Gasteiger partial charge in [-0.15, -0.1) is 0 Å². The Labute approximate surface area is 147 Å². The van der Waals surface area contributed by atoms with Crippen molar-refractivity contribution in [2.45, 2.75) is 25.9 Å². The van der Waals surface area contributed by atoms with Crippen molar-refractivity contribution < 1.29 is 9.59 Å². The quantitative estimate of drug-likeness (QED) is 0.910. The molecule has 3 amide bonds. The minimum absolute atomic E-state index is 0.0317. The van der Waals surface area contributed by atoms with Crippen LogP contribution in [0.15, 0.2) is 54.7 Å². The van der Waals surface area contributed by atoms with Crippen LogP contribution in [0.4, 0.5) is 10.5 Å². The maximum atomic E-state index is 12.5. The van der Waals surface area contributed by atoms with Crippen LogP contribution >= 0.6 is 0 Å². The van der Waals surface area contributed by atoms with Gasteiger partial charge in [0, 0.05) is 31.4 Å². The predicted octanol–water partition coefficient (Wildman–Crippen LogP) is 2.42. The third-order valence-corrected chi connectivity index (χ3v) is 4.27. The summed E-state index contributed by atoms with van der Waals surface area (Å²) >= 11 is 0. The summed E-state index contributed by atoms with van der Waals surface area (Å²) in [4.78, 5) is 32.5. The van der Waals surface area contributed by atoms with E-state index < -0.39 is 0 Å². The molecule has 1 aliphatic heterocycles. The van der Waals surface area contributed by atoms with Gasteiger partial charge in [-0.2, -0.15) is 0 Å². The van der Waals surface area contributed by atoms with Crippen LogP contribution in [-0.2, 0) is 11.3 Å². The van der Waals surface area contributed by atoms with Crippen LogP contribution in [0.5, 0.6) is 0 Å². The topological polar surface area (TPSA) is 65.5 Å². The zero-order valence-corrected chi connectivity index (χ0v) is 14.3. The number of carbonyl (C=O) groups excluding carboxylic acids is 2. The molecule has 130 valence electrons. The van der Waals surface area contributed by atoms with Crippen molar-refractivity contribution in [2.24, 2.45) is 0 Å². The molecule has 0 unspecified atom stereocenters. The van der Waals surface area contributed by atoms with E-state index >= 15 is 0 Å². The number of hydrogen-bond donors (Lipinski definition) is 1. The lowest BCUT2D eigenvalue weighted by Gasteiger charge is -2.23. The van der Waals surface area contributed by atoms with Gasteiger partial charge in [0.15, 0.2) is 0 Å². The van der Waals surface area contributed by atoms with Gasteiger partial charge in [0.2, 0.25) is 5.91 Å². The summed E-state index contributed by atoms with van der Waals surface area (Å²) in [6.45, 7) is 3.45. The van der Waals surface area contributed by atoms with Gasteiger partial charge in [-0.05, 0) is 31.2 Å². The van der Waals surface area contributed by atoms with Crippen molar-refractivity contribution in [3.63, 3.8) is 0 Å². The van der Waals surface area contributed by atoms with E-state index in [4.69, 9.17) is 0 Å². The van der Waals surface area contributed by atoms with E-state index in [1.165, 1.54) is 0 Å². The Hall–Kier alpha value is -2.89.